The monoisotopic (exact) mass is 849 g/mol. The first-order valence-corrected chi connectivity index (χ1v) is 21.8. The molecule has 1 aromatic carbocycles. The van der Waals surface area contributed by atoms with Crippen LogP contribution in [0, 0.1) is 5.82 Å². The average Bonchev–Trinajstić information content (AvgIpc) is 4.01. The van der Waals surface area contributed by atoms with Gasteiger partial charge in [0, 0.05) is 75.3 Å². The number of hydrogen-bond acceptors (Lipinski definition) is 12. The average molecular weight is 850 g/mol. The number of rotatable bonds is 10. The van der Waals surface area contributed by atoms with Crippen molar-refractivity contribution in [1.29, 1.82) is 0 Å². The van der Waals surface area contributed by atoms with Crippen LogP contribution in [-0.2, 0) is 20.9 Å². The molecule has 4 aromatic rings. The Bertz CT molecular complexity index is 2310. The van der Waals surface area contributed by atoms with E-state index in [4.69, 9.17) is 4.98 Å². The number of likely N-dealkylation sites (tertiary alicyclic amines) is 1. The minimum absolute atomic E-state index is 0.0631. The summed E-state index contributed by atoms with van der Waals surface area (Å²) in [5, 5.41) is 6.38. The third-order valence-corrected chi connectivity index (χ3v) is 12.7. The first kappa shape index (κ1) is 42.9. The Morgan fingerprint density at radius 3 is 2.35 bits per heavy atom. The van der Waals surface area contributed by atoms with E-state index in [0.717, 1.165) is 85.7 Å². The number of carbonyl (C=O) groups excluding carboxylic acids is 5. The van der Waals surface area contributed by atoms with E-state index in [9.17, 15) is 28.4 Å². The third kappa shape index (κ3) is 9.33. The number of piperidine rings is 2. The fourth-order valence-electron chi connectivity index (χ4n) is 9.60. The minimum Gasteiger partial charge on any atom is -0.367 e. The van der Waals surface area contributed by atoms with E-state index in [0.29, 0.717) is 62.2 Å². The summed E-state index contributed by atoms with van der Waals surface area (Å²) in [5.74, 6) is -0.433. The van der Waals surface area contributed by atoms with Crippen molar-refractivity contribution in [2.24, 2.45) is 0 Å². The van der Waals surface area contributed by atoms with Gasteiger partial charge in [0.25, 0.3) is 5.91 Å². The highest BCUT2D eigenvalue weighted by Gasteiger charge is 2.41. The summed E-state index contributed by atoms with van der Waals surface area (Å²) in [4.78, 5) is 86.4. The third-order valence-electron chi connectivity index (χ3n) is 12.7. The highest BCUT2D eigenvalue weighted by atomic mass is 19.1. The molecule has 1 unspecified atom stereocenters. The summed E-state index contributed by atoms with van der Waals surface area (Å²) in [6, 6.07) is 8.08. The second kappa shape index (κ2) is 18.7. The van der Waals surface area contributed by atoms with Gasteiger partial charge in [0.15, 0.2) is 6.29 Å². The van der Waals surface area contributed by atoms with E-state index < -0.39 is 17.8 Å². The lowest BCUT2D eigenvalue weighted by Gasteiger charge is -2.37. The molecule has 0 bridgehead atoms. The van der Waals surface area contributed by atoms with E-state index in [1.165, 1.54) is 17.0 Å². The summed E-state index contributed by atoms with van der Waals surface area (Å²) < 4.78 is 16.9. The molecule has 16 nitrogen and oxygen atoms in total. The minimum atomic E-state index is -0.744. The van der Waals surface area contributed by atoms with E-state index >= 15 is 0 Å². The highest BCUT2D eigenvalue weighted by molar-refractivity contribution is 6.05. The van der Waals surface area contributed by atoms with Crippen LogP contribution in [0.2, 0.25) is 0 Å². The number of aromatic nitrogens is 4. The van der Waals surface area contributed by atoms with Gasteiger partial charge >= 0.3 is 0 Å². The molecule has 0 spiro atoms. The molecule has 5 aliphatic rings. The predicted molar refractivity (Wildman–Crippen MR) is 232 cm³/mol. The zero-order valence-electron chi connectivity index (χ0n) is 35.8. The molecule has 3 aromatic heterocycles. The van der Waals surface area contributed by atoms with Gasteiger partial charge in [-0.1, -0.05) is 12.8 Å². The van der Waals surface area contributed by atoms with Gasteiger partial charge in [-0.05, 0) is 114 Å². The van der Waals surface area contributed by atoms with Gasteiger partial charge in [-0.15, -0.1) is 0 Å². The molecule has 1 saturated carbocycles. The number of piperazine rings is 1. The second-order valence-corrected chi connectivity index (χ2v) is 17.5. The number of aldehydes is 1. The number of anilines is 3. The molecular formula is C45H56FN11O5. The van der Waals surface area contributed by atoms with Gasteiger partial charge in [0.2, 0.25) is 23.7 Å². The molecule has 4 amide bonds. The topological polar surface area (TPSA) is 169 Å². The predicted octanol–water partition coefficient (Wildman–Crippen LogP) is 4.49. The Morgan fingerprint density at radius 1 is 0.935 bits per heavy atom. The summed E-state index contributed by atoms with van der Waals surface area (Å²) in [6.45, 7) is 5.04. The van der Waals surface area contributed by atoms with Crippen molar-refractivity contribution in [3.05, 3.63) is 70.9 Å². The number of amides is 4. The number of fused-ring (bicyclic) bond motifs is 2. The van der Waals surface area contributed by atoms with Crippen molar-refractivity contribution >= 4 is 58.4 Å². The Morgan fingerprint density at radius 2 is 1.68 bits per heavy atom. The Hall–Kier alpha value is -5.81. The maximum atomic E-state index is 14.9. The number of pyridine rings is 1. The molecule has 4 fully saturated rings. The fourth-order valence-corrected chi connectivity index (χ4v) is 9.60. The molecule has 9 rings (SSSR count). The Balaban J connectivity index is 0.00000127. The molecular weight excluding hydrogens is 794 g/mol. The number of hydrogen-bond donors (Lipinski definition) is 2. The van der Waals surface area contributed by atoms with Gasteiger partial charge in [-0.3, -0.25) is 29.3 Å². The lowest BCUT2D eigenvalue weighted by atomic mass is 9.85. The van der Waals surface area contributed by atoms with Crippen LogP contribution in [0.15, 0.2) is 42.7 Å². The number of carbonyl (C=O) groups is 5. The molecule has 2 N–H and O–H groups in total. The van der Waals surface area contributed by atoms with Crippen LogP contribution in [0.5, 0.6) is 0 Å². The first-order chi connectivity index (χ1) is 29.9. The van der Waals surface area contributed by atoms with E-state index in [1.54, 1.807) is 6.20 Å². The lowest BCUT2D eigenvalue weighted by molar-refractivity contribution is -0.137. The lowest BCUT2D eigenvalue weighted by Crippen LogP contribution is -2.52. The molecule has 328 valence electrons. The molecule has 1 aliphatic carbocycles. The van der Waals surface area contributed by atoms with Crippen molar-refractivity contribution in [3.63, 3.8) is 0 Å². The largest absolute Gasteiger partial charge is 0.367 e. The van der Waals surface area contributed by atoms with Gasteiger partial charge in [-0.25, -0.2) is 14.4 Å². The number of halogens is 1. The molecule has 62 heavy (non-hydrogen) atoms. The van der Waals surface area contributed by atoms with Gasteiger partial charge in [-0.2, -0.15) is 4.98 Å². The van der Waals surface area contributed by atoms with E-state index in [1.807, 2.05) is 55.3 Å². The Kier molecular flexibility index (Phi) is 12.9. The SMILES string of the molecule is CN(C)C.O=Cc1cc2cnc(Nc3ccc(N4CCN(C(=O)CCN5CCC(c6cc(F)cc7c6CN(C6CCC(=O)NC6=O)C7=O)CC5)CC4)cn3)nc2n1C1CCCC1. The van der Waals surface area contributed by atoms with Crippen molar-refractivity contribution in [3.8, 4) is 0 Å². The van der Waals surface area contributed by atoms with Gasteiger partial charge in [0.05, 0.1) is 17.6 Å². The van der Waals surface area contributed by atoms with Gasteiger partial charge in [0.1, 0.15) is 23.3 Å². The molecule has 7 heterocycles. The van der Waals surface area contributed by atoms with Crippen molar-refractivity contribution in [1.82, 2.24) is 44.4 Å². The van der Waals surface area contributed by atoms with Crippen LogP contribution in [0.4, 0.5) is 21.8 Å². The van der Waals surface area contributed by atoms with Crippen LogP contribution in [0.1, 0.15) is 102 Å². The first-order valence-electron chi connectivity index (χ1n) is 21.8. The highest BCUT2D eigenvalue weighted by Crippen LogP contribution is 2.38. The van der Waals surface area contributed by atoms with Crippen LogP contribution in [0.25, 0.3) is 11.0 Å². The van der Waals surface area contributed by atoms with Crippen molar-refractivity contribution < 1.29 is 28.4 Å². The van der Waals surface area contributed by atoms with Crippen LogP contribution in [0.3, 0.4) is 0 Å². The summed E-state index contributed by atoms with van der Waals surface area (Å²) in [5.41, 5.74) is 4.26. The molecule has 4 aliphatic heterocycles. The van der Waals surface area contributed by atoms with E-state index in [-0.39, 0.29) is 49.1 Å². The molecule has 1 atom stereocenters. The quantitative estimate of drug-likeness (QED) is 0.170. The zero-order chi connectivity index (χ0) is 43.5. The van der Waals surface area contributed by atoms with Crippen LogP contribution >= 0.6 is 0 Å². The normalized spacial score (nSPS) is 20.1. The van der Waals surface area contributed by atoms with Gasteiger partial charge < -0.3 is 34.4 Å². The Labute approximate surface area is 360 Å². The second-order valence-electron chi connectivity index (χ2n) is 17.5. The molecule has 17 heteroatoms. The number of nitrogens with one attached hydrogen (secondary N) is 2. The summed E-state index contributed by atoms with van der Waals surface area (Å²) in [7, 11) is 6.00. The number of imide groups is 1. The maximum absolute atomic E-state index is 14.9. The van der Waals surface area contributed by atoms with Crippen LogP contribution < -0.4 is 15.5 Å². The van der Waals surface area contributed by atoms with E-state index in [2.05, 4.69) is 35.0 Å². The maximum Gasteiger partial charge on any atom is 0.255 e. The fraction of sp³-hybridized carbons (Fsp3) is 0.511. The van der Waals surface area contributed by atoms with Crippen LogP contribution in [-0.4, -0.2) is 142 Å². The number of nitrogens with zero attached hydrogens (tertiary/aromatic N) is 9. The van der Waals surface area contributed by atoms with Crippen molar-refractivity contribution in [2.45, 2.75) is 82.3 Å². The molecule has 3 saturated heterocycles. The zero-order valence-corrected chi connectivity index (χ0v) is 35.8. The summed E-state index contributed by atoms with van der Waals surface area (Å²) >= 11 is 0. The number of benzene rings is 1. The molecule has 0 radical (unpaired) electrons. The summed E-state index contributed by atoms with van der Waals surface area (Å²) in [6.07, 6.45) is 11.2. The van der Waals surface area contributed by atoms with Crippen molar-refractivity contribution in [2.75, 3.05) is 77.2 Å². The standard InChI is InChI=1S/C42H47FN10O5.C3H9N/c43-28-20-32(34-24-52(41(58)33(34)21-28)35-6-8-37(55)47-40(35)57)26-9-12-49(13-10-26)14-11-38(56)51-17-15-50(16-18-51)30-5-7-36(44-23-30)46-42-45-22-27-19-31(25-54)53(39(27)48-42)29-3-1-2-4-29;1-4(2)3/h5,7,19-23,25-26,29,35H,1-4,6,8-18,24H2,(H,47,55,57)(H,44,45,46,48);1-3H3. The smallest absolute Gasteiger partial charge is 0.255 e.